The summed E-state index contributed by atoms with van der Waals surface area (Å²) in [5, 5.41) is 20.8. The molecule has 7 heteroatoms. The smallest absolute Gasteiger partial charge is 0.112 e. The van der Waals surface area contributed by atoms with Crippen LogP contribution in [-0.4, -0.2) is 87.1 Å². The summed E-state index contributed by atoms with van der Waals surface area (Å²) in [6.45, 7) is 6.11. The largest absolute Gasteiger partial charge is 0.393 e. The zero-order valence-electron chi connectivity index (χ0n) is 19.6. The summed E-state index contributed by atoms with van der Waals surface area (Å²) in [6.07, 6.45) is 12.7. The number of nitrogens with zero attached hydrogens (tertiary/aromatic N) is 1. The predicted molar refractivity (Wildman–Crippen MR) is 123 cm³/mol. The van der Waals surface area contributed by atoms with E-state index in [1.165, 1.54) is 38.5 Å². The molecule has 4 rings (SSSR count). The van der Waals surface area contributed by atoms with Gasteiger partial charge in [-0.3, -0.25) is 16.0 Å². The number of aliphatic hydroxyl groups is 1. The van der Waals surface area contributed by atoms with E-state index < -0.39 is 0 Å². The number of hydrogen-bond acceptors (Lipinski definition) is 7. The predicted octanol–water partition coefficient (Wildman–Crippen LogP) is 1.66. The second-order valence-electron chi connectivity index (χ2n) is 10.4. The van der Waals surface area contributed by atoms with Gasteiger partial charge in [-0.05, 0) is 76.0 Å². The van der Waals surface area contributed by atoms with Gasteiger partial charge in [0.15, 0.2) is 0 Å². The van der Waals surface area contributed by atoms with Crippen molar-refractivity contribution in [1.82, 2.24) is 20.9 Å². The van der Waals surface area contributed by atoms with Crippen LogP contribution in [0.15, 0.2) is 0 Å². The average molecular weight is 439 g/mol. The van der Waals surface area contributed by atoms with Crippen LogP contribution in [0.25, 0.3) is 0 Å². The number of likely N-dealkylation sites (tertiary alicyclic amines) is 1. The van der Waals surface area contributed by atoms with Gasteiger partial charge in [0, 0.05) is 45.9 Å². The Labute approximate surface area is 189 Å². The molecule has 0 aromatic heterocycles. The van der Waals surface area contributed by atoms with Crippen LogP contribution in [0.1, 0.15) is 64.2 Å². The molecule has 2 saturated heterocycles. The summed E-state index contributed by atoms with van der Waals surface area (Å²) in [7, 11) is 1.85. The normalized spacial score (nSPS) is 38.9. The van der Waals surface area contributed by atoms with E-state index in [-0.39, 0.29) is 12.4 Å². The fraction of sp³-hybridized carbons (Fsp3) is 1.00. The minimum absolute atomic E-state index is 0.0881. The van der Waals surface area contributed by atoms with Gasteiger partial charge >= 0.3 is 0 Å². The van der Waals surface area contributed by atoms with E-state index in [9.17, 15) is 5.11 Å². The molecule has 4 N–H and O–H groups in total. The maximum Gasteiger partial charge on any atom is 0.112 e. The van der Waals surface area contributed by atoms with E-state index in [0.717, 1.165) is 76.8 Å². The summed E-state index contributed by atoms with van der Waals surface area (Å²) in [5.41, 5.74) is 0. The summed E-state index contributed by atoms with van der Waals surface area (Å²) < 4.78 is 11.7. The Morgan fingerprint density at radius 3 is 2.13 bits per heavy atom. The number of nitrogens with one attached hydrogen (secondary N) is 3. The third kappa shape index (κ3) is 7.36. The Morgan fingerprint density at radius 2 is 1.48 bits per heavy atom. The number of rotatable bonds is 8. The van der Waals surface area contributed by atoms with Crippen molar-refractivity contribution in [3.05, 3.63) is 0 Å². The highest BCUT2D eigenvalue weighted by Gasteiger charge is 2.31. The molecule has 0 bridgehead atoms. The van der Waals surface area contributed by atoms with Gasteiger partial charge in [0.2, 0.25) is 0 Å². The lowest BCUT2D eigenvalue weighted by Crippen LogP contribution is -2.63. The van der Waals surface area contributed by atoms with Crippen molar-refractivity contribution < 1.29 is 14.6 Å². The standard InChI is InChI=1S/C24H46N4O3/c1-30-22-6-2-18(3-7-22)19-16-25-24(26-17-19)27-20-4-8-23(9-5-20)31-15-14-28-12-10-21(29)11-13-28/h18-27,29H,2-17H2,1H3. The fourth-order valence-corrected chi connectivity index (χ4v) is 6.05. The summed E-state index contributed by atoms with van der Waals surface area (Å²) in [6, 6.07) is 0.585. The van der Waals surface area contributed by atoms with Crippen molar-refractivity contribution >= 4 is 0 Å². The monoisotopic (exact) mass is 438 g/mol. The molecule has 2 heterocycles. The van der Waals surface area contributed by atoms with E-state index in [0.29, 0.717) is 18.2 Å². The maximum atomic E-state index is 9.61. The highest BCUT2D eigenvalue weighted by Crippen LogP contribution is 2.32. The van der Waals surface area contributed by atoms with Gasteiger partial charge in [0.25, 0.3) is 0 Å². The van der Waals surface area contributed by atoms with Crippen LogP contribution < -0.4 is 16.0 Å². The van der Waals surface area contributed by atoms with Crippen LogP contribution in [0.2, 0.25) is 0 Å². The first-order chi connectivity index (χ1) is 15.2. The number of ether oxygens (including phenoxy) is 2. The molecule has 0 aromatic carbocycles. The fourth-order valence-electron chi connectivity index (χ4n) is 6.05. The van der Waals surface area contributed by atoms with Crippen molar-refractivity contribution in [3.63, 3.8) is 0 Å². The summed E-state index contributed by atoms with van der Waals surface area (Å²) in [4.78, 5) is 2.43. The molecule has 0 unspecified atom stereocenters. The molecule has 2 aliphatic heterocycles. The third-order valence-electron chi connectivity index (χ3n) is 8.28. The van der Waals surface area contributed by atoms with Crippen LogP contribution in [0, 0.1) is 11.8 Å². The van der Waals surface area contributed by atoms with Crippen molar-refractivity contribution in [2.45, 2.75) is 94.9 Å². The third-order valence-corrected chi connectivity index (χ3v) is 8.28. The van der Waals surface area contributed by atoms with E-state index in [4.69, 9.17) is 9.47 Å². The van der Waals surface area contributed by atoms with Gasteiger partial charge < -0.3 is 19.5 Å². The molecule has 0 amide bonds. The lowest BCUT2D eigenvalue weighted by molar-refractivity contribution is 0.0000729. The van der Waals surface area contributed by atoms with Gasteiger partial charge in [-0.1, -0.05) is 0 Å². The van der Waals surface area contributed by atoms with Crippen LogP contribution in [-0.2, 0) is 9.47 Å². The molecule has 0 aromatic rings. The molecule has 0 atom stereocenters. The molecular weight excluding hydrogens is 392 g/mol. The molecule has 4 aliphatic rings. The molecule has 2 aliphatic carbocycles. The summed E-state index contributed by atoms with van der Waals surface area (Å²) in [5.74, 6) is 1.60. The quantitative estimate of drug-likeness (QED) is 0.459. The lowest BCUT2D eigenvalue weighted by Gasteiger charge is -2.40. The highest BCUT2D eigenvalue weighted by molar-refractivity contribution is 4.87. The Morgan fingerprint density at radius 1 is 0.839 bits per heavy atom. The zero-order chi connectivity index (χ0) is 21.5. The van der Waals surface area contributed by atoms with Crippen LogP contribution in [0.4, 0.5) is 0 Å². The minimum atomic E-state index is -0.0881. The van der Waals surface area contributed by atoms with Crippen molar-refractivity contribution in [2.24, 2.45) is 11.8 Å². The van der Waals surface area contributed by atoms with Crippen LogP contribution in [0.5, 0.6) is 0 Å². The first kappa shape index (κ1) is 23.9. The molecular formula is C24H46N4O3. The van der Waals surface area contributed by atoms with E-state index in [2.05, 4.69) is 20.9 Å². The summed E-state index contributed by atoms with van der Waals surface area (Å²) >= 11 is 0. The molecule has 0 spiro atoms. The van der Waals surface area contributed by atoms with E-state index in [1.54, 1.807) is 0 Å². The Balaban J connectivity index is 1.05. The molecule has 31 heavy (non-hydrogen) atoms. The Hall–Kier alpha value is -0.280. The van der Waals surface area contributed by atoms with Crippen molar-refractivity contribution in [1.29, 1.82) is 0 Å². The number of piperidine rings is 1. The number of hydrogen-bond donors (Lipinski definition) is 4. The van der Waals surface area contributed by atoms with Gasteiger partial charge in [-0.25, -0.2) is 0 Å². The van der Waals surface area contributed by atoms with Crippen molar-refractivity contribution in [2.75, 3.05) is 46.4 Å². The molecule has 0 radical (unpaired) electrons. The first-order valence-corrected chi connectivity index (χ1v) is 13.0. The van der Waals surface area contributed by atoms with E-state index in [1.807, 2.05) is 7.11 Å². The second kappa shape index (κ2) is 12.3. The van der Waals surface area contributed by atoms with Gasteiger partial charge in [0.1, 0.15) is 6.29 Å². The maximum absolute atomic E-state index is 9.61. The van der Waals surface area contributed by atoms with Gasteiger partial charge in [0.05, 0.1) is 24.9 Å². The molecule has 2 saturated carbocycles. The van der Waals surface area contributed by atoms with Crippen LogP contribution >= 0.6 is 0 Å². The first-order valence-electron chi connectivity index (χ1n) is 13.0. The minimum Gasteiger partial charge on any atom is -0.393 e. The molecule has 4 fully saturated rings. The molecule has 180 valence electrons. The van der Waals surface area contributed by atoms with Crippen molar-refractivity contribution in [3.8, 4) is 0 Å². The highest BCUT2D eigenvalue weighted by atomic mass is 16.5. The van der Waals surface area contributed by atoms with Gasteiger partial charge in [-0.15, -0.1) is 0 Å². The topological polar surface area (TPSA) is 78.0 Å². The average Bonchev–Trinajstić information content (AvgIpc) is 2.82. The zero-order valence-corrected chi connectivity index (χ0v) is 19.6. The lowest BCUT2D eigenvalue weighted by atomic mass is 9.78. The Bertz CT molecular complexity index is 493. The van der Waals surface area contributed by atoms with Crippen LogP contribution in [0.3, 0.4) is 0 Å². The molecule has 7 nitrogen and oxygen atoms in total. The van der Waals surface area contributed by atoms with E-state index >= 15 is 0 Å². The second-order valence-corrected chi connectivity index (χ2v) is 10.4. The number of methoxy groups -OCH3 is 1. The Kier molecular flexibility index (Phi) is 9.44. The van der Waals surface area contributed by atoms with Gasteiger partial charge in [-0.2, -0.15) is 0 Å². The SMILES string of the molecule is COC1CCC(C2CNC(NC3CCC(OCCN4CCC(O)CC4)CC3)NC2)CC1. The number of aliphatic hydroxyl groups excluding tert-OH is 1.